The zero-order chi connectivity index (χ0) is 11.4. The van der Waals surface area contributed by atoms with Gasteiger partial charge in [-0.15, -0.1) is 0 Å². The van der Waals surface area contributed by atoms with Crippen LogP contribution in [0.2, 0.25) is 0 Å². The van der Waals surface area contributed by atoms with Gasteiger partial charge in [-0.05, 0) is 50.4 Å². The van der Waals surface area contributed by atoms with Gasteiger partial charge in [0.15, 0.2) is 0 Å². The Morgan fingerprint density at radius 1 is 1.19 bits per heavy atom. The zero-order valence-corrected chi connectivity index (χ0v) is 10.00. The Morgan fingerprint density at radius 2 is 1.94 bits per heavy atom. The molecule has 1 heterocycles. The molecule has 1 fully saturated rings. The van der Waals surface area contributed by atoms with E-state index in [0.717, 1.165) is 13.0 Å². The van der Waals surface area contributed by atoms with E-state index in [1.165, 1.54) is 31.2 Å². The highest BCUT2D eigenvalue weighted by Gasteiger charge is 2.24. The molecule has 2 nitrogen and oxygen atoms in total. The molecule has 1 aromatic rings. The molecule has 2 N–H and O–H groups in total. The molecule has 0 radical (unpaired) electrons. The van der Waals surface area contributed by atoms with Gasteiger partial charge in [0.2, 0.25) is 0 Å². The number of phenolic OH excluding ortho intramolecular Hbond substituents is 1. The van der Waals surface area contributed by atoms with Gasteiger partial charge < -0.3 is 10.4 Å². The Bertz CT molecular complexity index is 323. The molecule has 2 rings (SSSR count). The first-order valence-corrected chi connectivity index (χ1v) is 6.21. The Labute approximate surface area is 97.7 Å². The quantitative estimate of drug-likeness (QED) is 0.801. The molecular formula is C14H21NO. The van der Waals surface area contributed by atoms with Gasteiger partial charge in [-0.2, -0.15) is 0 Å². The Balaban J connectivity index is 2.04. The number of hydrogen-bond donors (Lipinski definition) is 2. The van der Waals surface area contributed by atoms with Gasteiger partial charge in [0.1, 0.15) is 5.75 Å². The Hall–Kier alpha value is -1.02. The summed E-state index contributed by atoms with van der Waals surface area (Å²) in [6, 6.07) is 7.59. The van der Waals surface area contributed by atoms with Crippen molar-refractivity contribution in [3.8, 4) is 5.75 Å². The summed E-state index contributed by atoms with van der Waals surface area (Å²) < 4.78 is 0. The summed E-state index contributed by atoms with van der Waals surface area (Å²) in [7, 11) is 0. The summed E-state index contributed by atoms with van der Waals surface area (Å²) in [4.78, 5) is 0. The standard InChI is InChI=1S/C14H21NO/c1-14(9-3-2-4-10-15-14)11-12-5-7-13(16)8-6-12/h5-8,15-16H,2-4,9-11H2,1H3. The molecular weight excluding hydrogens is 198 g/mol. The van der Waals surface area contributed by atoms with Gasteiger partial charge in [0, 0.05) is 5.54 Å². The van der Waals surface area contributed by atoms with Crippen molar-refractivity contribution in [2.45, 2.75) is 44.6 Å². The molecule has 0 bridgehead atoms. The number of hydrogen-bond acceptors (Lipinski definition) is 2. The maximum absolute atomic E-state index is 9.26. The number of nitrogens with one attached hydrogen (secondary N) is 1. The molecule has 1 unspecified atom stereocenters. The van der Waals surface area contributed by atoms with Crippen LogP contribution in [0, 0.1) is 0 Å². The van der Waals surface area contributed by atoms with Crippen LogP contribution in [0.1, 0.15) is 38.2 Å². The molecule has 88 valence electrons. The van der Waals surface area contributed by atoms with Crippen molar-refractivity contribution < 1.29 is 5.11 Å². The molecule has 2 heteroatoms. The van der Waals surface area contributed by atoms with E-state index in [4.69, 9.17) is 0 Å². The zero-order valence-electron chi connectivity index (χ0n) is 10.00. The third-order valence-corrected chi connectivity index (χ3v) is 3.49. The molecule has 1 aliphatic heterocycles. The molecule has 1 atom stereocenters. The van der Waals surface area contributed by atoms with E-state index in [1.807, 2.05) is 12.1 Å². The smallest absolute Gasteiger partial charge is 0.115 e. The van der Waals surface area contributed by atoms with Crippen LogP contribution in [0.5, 0.6) is 5.75 Å². The Kier molecular flexibility index (Phi) is 3.49. The first-order valence-electron chi connectivity index (χ1n) is 6.21. The van der Waals surface area contributed by atoms with Crippen molar-refractivity contribution in [3.63, 3.8) is 0 Å². The van der Waals surface area contributed by atoms with Crippen molar-refractivity contribution >= 4 is 0 Å². The van der Waals surface area contributed by atoms with E-state index < -0.39 is 0 Å². The summed E-state index contributed by atoms with van der Waals surface area (Å²) in [5, 5.41) is 12.9. The first kappa shape index (κ1) is 11.5. The van der Waals surface area contributed by atoms with Crippen molar-refractivity contribution in [1.82, 2.24) is 5.32 Å². The maximum Gasteiger partial charge on any atom is 0.115 e. The van der Waals surface area contributed by atoms with Crippen LogP contribution < -0.4 is 5.32 Å². The number of rotatable bonds is 2. The molecule has 0 aliphatic carbocycles. The van der Waals surface area contributed by atoms with Crippen LogP contribution in [0.3, 0.4) is 0 Å². The molecule has 0 amide bonds. The van der Waals surface area contributed by atoms with Crippen LogP contribution in [-0.4, -0.2) is 17.2 Å². The van der Waals surface area contributed by atoms with E-state index in [1.54, 1.807) is 12.1 Å². The largest absolute Gasteiger partial charge is 0.508 e. The summed E-state index contributed by atoms with van der Waals surface area (Å²) in [6.07, 6.45) is 6.26. The van der Waals surface area contributed by atoms with Crippen LogP contribution in [-0.2, 0) is 6.42 Å². The fourth-order valence-corrected chi connectivity index (χ4v) is 2.51. The van der Waals surface area contributed by atoms with Crippen molar-refractivity contribution in [2.75, 3.05) is 6.54 Å². The normalized spacial score (nSPS) is 26.3. The van der Waals surface area contributed by atoms with E-state index in [9.17, 15) is 5.11 Å². The summed E-state index contributed by atoms with van der Waals surface area (Å²) in [5.41, 5.74) is 1.53. The minimum Gasteiger partial charge on any atom is -0.508 e. The van der Waals surface area contributed by atoms with Gasteiger partial charge in [0.25, 0.3) is 0 Å². The predicted octanol–water partition coefficient (Wildman–Crippen LogP) is 2.86. The third kappa shape index (κ3) is 2.99. The van der Waals surface area contributed by atoms with Gasteiger partial charge in [-0.1, -0.05) is 25.0 Å². The Morgan fingerprint density at radius 3 is 2.69 bits per heavy atom. The number of aromatic hydroxyl groups is 1. The number of phenols is 1. The van der Waals surface area contributed by atoms with Crippen LogP contribution in [0.25, 0.3) is 0 Å². The van der Waals surface area contributed by atoms with Crippen molar-refractivity contribution in [3.05, 3.63) is 29.8 Å². The van der Waals surface area contributed by atoms with Crippen LogP contribution in [0.15, 0.2) is 24.3 Å². The molecule has 1 aliphatic rings. The highest BCUT2D eigenvalue weighted by Crippen LogP contribution is 2.23. The number of benzene rings is 1. The highest BCUT2D eigenvalue weighted by atomic mass is 16.3. The monoisotopic (exact) mass is 219 g/mol. The lowest BCUT2D eigenvalue weighted by Crippen LogP contribution is -2.43. The van der Waals surface area contributed by atoms with Gasteiger partial charge in [-0.25, -0.2) is 0 Å². The molecule has 0 spiro atoms. The van der Waals surface area contributed by atoms with E-state index in [0.29, 0.717) is 5.75 Å². The van der Waals surface area contributed by atoms with Gasteiger partial charge >= 0.3 is 0 Å². The first-order chi connectivity index (χ1) is 7.68. The molecule has 16 heavy (non-hydrogen) atoms. The topological polar surface area (TPSA) is 32.3 Å². The lowest BCUT2D eigenvalue weighted by Gasteiger charge is -2.29. The molecule has 0 saturated carbocycles. The summed E-state index contributed by atoms with van der Waals surface area (Å²) >= 11 is 0. The molecule has 1 saturated heterocycles. The predicted molar refractivity (Wildman–Crippen MR) is 66.7 cm³/mol. The van der Waals surface area contributed by atoms with Crippen LogP contribution >= 0.6 is 0 Å². The van der Waals surface area contributed by atoms with E-state index in [2.05, 4.69) is 12.2 Å². The lowest BCUT2D eigenvalue weighted by molar-refractivity contribution is 0.345. The minimum absolute atomic E-state index is 0.230. The SMILES string of the molecule is CC1(Cc2ccc(O)cc2)CCCCCN1. The summed E-state index contributed by atoms with van der Waals surface area (Å²) in [5.74, 6) is 0.350. The van der Waals surface area contributed by atoms with Crippen molar-refractivity contribution in [2.24, 2.45) is 0 Å². The second-order valence-corrected chi connectivity index (χ2v) is 5.14. The highest BCUT2D eigenvalue weighted by molar-refractivity contribution is 5.27. The van der Waals surface area contributed by atoms with Crippen molar-refractivity contribution in [1.29, 1.82) is 0 Å². The van der Waals surface area contributed by atoms with E-state index >= 15 is 0 Å². The van der Waals surface area contributed by atoms with Crippen LogP contribution in [0.4, 0.5) is 0 Å². The van der Waals surface area contributed by atoms with E-state index in [-0.39, 0.29) is 5.54 Å². The fourth-order valence-electron chi connectivity index (χ4n) is 2.51. The minimum atomic E-state index is 0.230. The molecule has 0 aromatic heterocycles. The lowest BCUT2D eigenvalue weighted by atomic mass is 9.88. The van der Waals surface area contributed by atoms with Gasteiger partial charge in [-0.3, -0.25) is 0 Å². The average Bonchev–Trinajstić information content (AvgIpc) is 2.47. The van der Waals surface area contributed by atoms with Gasteiger partial charge in [0.05, 0.1) is 0 Å². The second kappa shape index (κ2) is 4.88. The average molecular weight is 219 g/mol. The second-order valence-electron chi connectivity index (χ2n) is 5.14. The molecule has 1 aromatic carbocycles. The fraction of sp³-hybridized carbons (Fsp3) is 0.571. The summed E-state index contributed by atoms with van der Waals surface area (Å²) in [6.45, 7) is 3.44. The third-order valence-electron chi connectivity index (χ3n) is 3.49. The maximum atomic E-state index is 9.26.